The van der Waals surface area contributed by atoms with Crippen molar-refractivity contribution in [1.82, 2.24) is 19.2 Å². The Labute approximate surface area is 183 Å². The first kappa shape index (κ1) is 19.8. The molecule has 4 aromatic rings. The molecule has 2 aromatic carbocycles. The van der Waals surface area contributed by atoms with Crippen molar-refractivity contribution in [2.24, 2.45) is 0 Å². The molecule has 1 N–H and O–H groups in total. The van der Waals surface area contributed by atoms with Crippen LogP contribution < -0.4 is 15.9 Å². The summed E-state index contributed by atoms with van der Waals surface area (Å²) in [5.41, 5.74) is 2.36. The van der Waals surface area contributed by atoms with Crippen molar-refractivity contribution in [3.8, 4) is 6.07 Å². The highest BCUT2D eigenvalue weighted by atomic mass is 16.2. The molecule has 1 aliphatic rings. The third-order valence-corrected chi connectivity index (χ3v) is 5.61. The Balaban J connectivity index is 1.54. The largest absolute Gasteiger partial charge is 0.353 e. The maximum atomic E-state index is 13.3. The average molecular weight is 427 g/mol. The van der Waals surface area contributed by atoms with E-state index in [0.717, 1.165) is 25.9 Å². The van der Waals surface area contributed by atoms with Crippen LogP contribution in [0.1, 0.15) is 24.8 Å². The van der Waals surface area contributed by atoms with E-state index in [0.29, 0.717) is 33.7 Å². The highest BCUT2D eigenvalue weighted by molar-refractivity contribution is 5.90. The molecule has 1 amide bonds. The van der Waals surface area contributed by atoms with Crippen molar-refractivity contribution in [2.75, 3.05) is 23.3 Å². The summed E-state index contributed by atoms with van der Waals surface area (Å²) >= 11 is 0. The number of nitriles is 1. The van der Waals surface area contributed by atoms with Crippen LogP contribution in [0.5, 0.6) is 0 Å². The molecule has 32 heavy (non-hydrogen) atoms. The Kier molecular flexibility index (Phi) is 5.03. The van der Waals surface area contributed by atoms with Crippen LogP contribution in [0, 0.1) is 11.3 Å². The zero-order chi connectivity index (χ0) is 22.1. The van der Waals surface area contributed by atoms with Crippen molar-refractivity contribution in [3.63, 3.8) is 0 Å². The summed E-state index contributed by atoms with van der Waals surface area (Å²) in [4.78, 5) is 32.9. The van der Waals surface area contributed by atoms with Gasteiger partial charge < -0.3 is 10.2 Å². The van der Waals surface area contributed by atoms with E-state index in [-0.39, 0.29) is 6.54 Å². The van der Waals surface area contributed by atoms with Crippen LogP contribution in [0.2, 0.25) is 0 Å². The number of aromatic nitrogens is 4. The van der Waals surface area contributed by atoms with Crippen molar-refractivity contribution in [1.29, 1.82) is 5.26 Å². The molecular formula is C23H21N7O2. The number of hydrogen-bond donors (Lipinski definition) is 1. The van der Waals surface area contributed by atoms with Crippen LogP contribution in [0.25, 0.3) is 16.7 Å². The van der Waals surface area contributed by atoms with Crippen LogP contribution >= 0.6 is 0 Å². The SMILES string of the molecule is N#Cc1cccc(NC(=O)Cn2nc3c(N4CCCCC4)nc4ccccc4n3c2=O)c1. The fourth-order valence-corrected chi connectivity index (χ4v) is 4.11. The molecule has 0 bridgehead atoms. The van der Waals surface area contributed by atoms with E-state index >= 15 is 0 Å². The summed E-state index contributed by atoms with van der Waals surface area (Å²) in [5, 5.41) is 16.3. The minimum Gasteiger partial charge on any atom is -0.353 e. The van der Waals surface area contributed by atoms with E-state index in [1.807, 2.05) is 30.3 Å². The van der Waals surface area contributed by atoms with E-state index in [1.54, 1.807) is 24.3 Å². The molecule has 160 valence electrons. The van der Waals surface area contributed by atoms with Crippen molar-refractivity contribution in [2.45, 2.75) is 25.8 Å². The number of benzene rings is 2. The topological polar surface area (TPSA) is 108 Å². The van der Waals surface area contributed by atoms with Crippen LogP contribution in [0.4, 0.5) is 11.5 Å². The van der Waals surface area contributed by atoms with E-state index in [9.17, 15) is 9.59 Å². The number of nitrogens with zero attached hydrogens (tertiary/aromatic N) is 6. The molecule has 2 aromatic heterocycles. The number of carbonyl (C=O) groups is 1. The number of amides is 1. The second-order valence-corrected chi connectivity index (χ2v) is 7.81. The van der Waals surface area contributed by atoms with Crippen molar-refractivity contribution in [3.05, 3.63) is 64.6 Å². The first-order chi connectivity index (χ1) is 15.6. The van der Waals surface area contributed by atoms with Gasteiger partial charge in [-0.25, -0.2) is 18.9 Å². The third-order valence-electron chi connectivity index (χ3n) is 5.61. The molecule has 9 heteroatoms. The lowest BCUT2D eigenvalue weighted by atomic mass is 10.1. The number of rotatable bonds is 4. The van der Waals surface area contributed by atoms with E-state index < -0.39 is 11.6 Å². The summed E-state index contributed by atoms with van der Waals surface area (Å²) in [6.45, 7) is 1.47. The number of fused-ring (bicyclic) bond motifs is 3. The van der Waals surface area contributed by atoms with Crippen LogP contribution in [-0.4, -0.2) is 38.2 Å². The smallest absolute Gasteiger partial charge is 0.351 e. The molecule has 1 fully saturated rings. The van der Waals surface area contributed by atoms with Gasteiger partial charge >= 0.3 is 5.69 Å². The van der Waals surface area contributed by atoms with Gasteiger partial charge in [0.1, 0.15) is 6.54 Å². The standard InChI is InChI=1S/C23H21N7O2/c24-14-16-7-6-8-17(13-16)25-20(31)15-29-23(32)30-19-10-3-2-9-18(19)26-21(22(30)27-29)28-11-4-1-5-12-28/h2-3,6-10,13H,1,4-5,11-12,15H2,(H,25,31). The predicted molar refractivity (Wildman–Crippen MR) is 121 cm³/mol. The fraction of sp³-hybridized carbons (Fsp3) is 0.261. The van der Waals surface area contributed by atoms with Crippen molar-refractivity contribution >= 4 is 34.1 Å². The number of carbonyl (C=O) groups excluding carboxylic acids is 1. The van der Waals surface area contributed by atoms with Gasteiger partial charge in [-0.2, -0.15) is 5.26 Å². The van der Waals surface area contributed by atoms with E-state index in [1.165, 1.54) is 15.5 Å². The van der Waals surface area contributed by atoms with Gasteiger partial charge in [-0.15, -0.1) is 5.10 Å². The summed E-state index contributed by atoms with van der Waals surface area (Å²) < 4.78 is 2.70. The highest BCUT2D eigenvalue weighted by Gasteiger charge is 2.22. The fourth-order valence-electron chi connectivity index (χ4n) is 4.11. The van der Waals surface area contributed by atoms with Gasteiger partial charge in [0.05, 0.1) is 22.7 Å². The molecule has 5 rings (SSSR count). The molecule has 0 aliphatic carbocycles. The zero-order valence-corrected chi connectivity index (χ0v) is 17.4. The molecular weight excluding hydrogens is 406 g/mol. The molecule has 0 saturated carbocycles. The van der Waals surface area contributed by atoms with Gasteiger partial charge in [0.15, 0.2) is 5.82 Å². The number of anilines is 2. The molecule has 0 spiro atoms. The summed E-state index contributed by atoms with van der Waals surface area (Å²) in [6.07, 6.45) is 3.31. The Bertz CT molecular complexity index is 1420. The van der Waals surface area contributed by atoms with Crippen LogP contribution in [-0.2, 0) is 11.3 Å². The van der Waals surface area contributed by atoms with Gasteiger partial charge in [-0.05, 0) is 49.6 Å². The van der Waals surface area contributed by atoms with Gasteiger partial charge in [-0.1, -0.05) is 18.2 Å². The predicted octanol–water partition coefficient (Wildman–Crippen LogP) is 2.54. The molecule has 3 heterocycles. The first-order valence-electron chi connectivity index (χ1n) is 10.6. The molecule has 0 atom stereocenters. The summed E-state index contributed by atoms with van der Waals surface area (Å²) in [6, 6.07) is 16.1. The Morgan fingerprint density at radius 3 is 2.72 bits per heavy atom. The van der Waals surface area contributed by atoms with Gasteiger partial charge in [0.25, 0.3) is 0 Å². The lowest BCUT2D eigenvalue weighted by Crippen LogP contribution is -2.31. The normalized spacial score (nSPS) is 13.9. The molecule has 0 unspecified atom stereocenters. The second kappa shape index (κ2) is 8.15. The quantitative estimate of drug-likeness (QED) is 0.536. The van der Waals surface area contributed by atoms with Gasteiger partial charge in [0, 0.05) is 18.8 Å². The highest BCUT2D eigenvalue weighted by Crippen LogP contribution is 2.25. The first-order valence-corrected chi connectivity index (χ1v) is 10.6. The molecule has 0 radical (unpaired) electrons. The zero-order valence-electron chi connectivity index (χ0n) is 17.4. The van der Waals surface area contributed by atoms with Crippen molar-refractivity contribution < 1.29 is 4.79 Å². The minimum absolute atomic E-state index is 0.245. The lowest BCUT2D eigenvalue weighted by Gasteiger charge is -2.27. The van der Waals surface area contributed by atoms with Crippen LogP contribution in [0.15, 0.2) is 53.3 Å². The Morgan fingerprint density at radius 2 is 1.91 bits per heavy atom. The number of piperidine rings is 1. The average Bonchev–Trinajstić information content (AvgIpc) is 3.15. The van der Waals surface area contributed by atoms with E-state index in [2.05, 4.69) is 15.3 Å². The van der Waals surface area contributed by atoms with Gasteiger partial charge in [0.2, 0.25) is 11.6 Å². The maximum absolute atomic E-state index is 13.3. The number of hydrogen-bond acceptors (Lipinski definition) is 6. The molecule has 1 aliphatic heterocycles. The summed E-state index contributed by atoms with van der Waals surface area (Å²) in [5.74, 6) is 0.267. The minimum atomic E-state index is -0.401. The second-order valence-electron chi connectivity index (χ2n) is 7.81. The Hall–Kier alpha value is -4.19. The summed E-state index contributed by atoms with van der Waals surface area (Å²) in [7, 11) is 0. The number of para-hydroxylation sites is 2. The third kappa shape index (κ3) is 3.56. The maximum Gasteiger partial charge on any atom is 0.351 e. The lowest BCUT2D eigenvalue weighted by molar-refractivity contribution is -0.117. The Morgan fingerprint density at radius 1 is 1.09 bits per heavy atom. The monoisotopic (exact) mass is 427 g/mol. The van der Waals surface area contributed by atoms with Gasteiger partial charge in [-0.3, -0.25) is 4.79 Å². The number of nitrogens with one attached hydrogen (secondary N) is 1. The van der Waals surface area contributed by atoms with Crippen LogP contribution in [0.3, 0.4) is 0 Å². The molecule has 9 nitrogen and oxygen atoms in total. The molecule has 1 saturated heterocycles. The van der Waals surface area contributed by atoms with E-state index in [4.69, 9.17) is 10.2 Å².